The zero-order chi connectivity index (χ0) is 14.7. The first kappa shape index (κ1) is 14.9. The Morgan fingerprint density at radius 2 is 2.35 bits per heavy atom. The molecule has 0 spiro atoms. The Balaban J connectivity index is 2.13. The van der Waals surface area contributed by atoms with E-state index in [-0.39, 0.29) is 30.0 Å². The molecule has 6 nitrogen and oxygen atoms in total. The molecule has 1 fully saturated rings. The van der Waals surface area contributed by atoms with Crippen molar-refractivity contribution in [2.75, 3.05) is 18.1 Å². The molecule has 0 aliphatic carbocycles. The highest BCUT2D eigenvalue weighted by molar-refractivity contribution is 7.99. The number of nitrogens with zero attached hydrogens (tertiary/aromatic N) is 2. The lowest BCUT2D eigenvalue weighted by Gasteiger charge is -2.33. The second kappa shape index (κ2) is 6.30. The highest BCUT2D eigenvalue weighted by Crippen LogP contribution is 2.22. The Kier molecular flexibility index (Phi) is 4.69. The molecule has 1 unspecified atom stereocenters. The summed E-state index contributed by atoms with van der Waals surface area (Å²) in [5, 5.41) is 12.8. The summed E-state index contributed by atoms with van der Waals surface area (Å²) >= 11 is 1.67. The number of aromatic nitrogens is 1. The number of carboxylic acids is 1. The molecule has 2 heterocycles. The number of carboxylic acid groups (broad SMARTS) is 1. The van der Waals surface area contributed by atoms with Gasteiger partial charge in [0.05, 0.1) is 18.2 Å². The molecule has 20 heavy (non-hydrogen) atoms. The van der Waals surface area contributed by atoms with Gasteiger partial charge in [0.25, 0.3) is 5.91 Å². The van der Waals surface area contributed by atoms with Crippen molar-refractivity contribution in [3.63, 3.8) is 0 Å². The molecule has 1 aliphatic heterocycles. The van der Waals surface area contributed by atoms with Crippen molar-refractivity contribution in [2.45, 2.75) is 32.2 Å². The zero-order valence-electron chi connectivity index (χ0n) is 11.5. The van der Waals surface area contributed by atoms with Crippen LogP contribution in [0, 0.1) is 0 Å². The van der Waals surface area contributed by atoms with Crippen LogP contribution in [0.4, 0.5) is 0 Å². The highest BCUT2D eigenvalue weighted by Gasteiger charge is 2.31. The van der Waals surface area contributed by atoms with Crippen LogP contribution in [0.1, 0.15) is 42.4 Å². The van der Waals surface area contributed by atoms with Crippen molar-refractivity contribution < 1.29 is 19.2 Å². The first-order chi connectivity index (χ1) is 9.49. The number of amides is 1. The van der Waals surface area contributed by atoms with Gasteiger partial charge in [0.1, 0.15) is 0 Å². The van der Waals surface area contributed by atoms with E-state index < -0.39 is 5.97 Å². The topological polar surface area (TPSA) is 83.6 Å². The molecule has 2 rings (SSSR count). The Hall–Kier alpha value is -1.50. The summed E-state index contributed by atoms with van der Waals surface area (Å²) in [5.41, 5.74) is 0.731. The number of aliphatic carboxylic acids is 1. The molecule has 0 saturated carbocycles. The number of hydrogen-bond donors (Lipinski definition) is 1. The van der Waals surface area contributed by atoms with Crippen molar-refractivity contribution >= 4 is 23.6 Å². The Morgan fingerprint density at radius 1 is 1.60 bits per heavy atom. The monoisotopic (exact) mass is 298 g/mol. The molecule has 110 valence electrons. The lowest BCUT2D eigenvalue weighted by atomic mass is 10.1. The van der Waals surface area contributed by atoms with Crippen molar-refractivity contribution in [1.29, 1.82) is 0 Å². The molecular formula is C13H18N2O4S. The average Bonchev–Trinajstić information content (AvgIpc) is 2.87. The number of carbonyl (C=O) groups is 2. The van der Waals surface area contributed by atoms with Crippen LogP contribution in [-0.4, -0.2) is 51.1 Å². The van der Waals surface area contributed by atoms with Crippen LogP contribution < -0.4 is 0 Å². The maximum Gasteiger partial charge on any atom is 0.305 e. The Morgan fingerprint density at radius 3 is 2.95 bits per heavy atom. The van der Waals surface area contributed by atoms with Gasteiger partial charge in [-0.15, -0.1) is 0 Å². The van der Waals surface area contributed by atoms with Crippen molar-refractivity contribution in [2.24, 2.45) is 0 Å². The third-order valence-corrected chi connectivity index (χ3v) is 4.32. The van der Waals surface area contributed by atoms with Crippen LogP contribution in [0.2, 0.25) is 0 Å². The van der Waals surface area contributed by atoms with E-state index in [0.717, 1.165) is 11.4 Å². The molecule has 1 aliphatic rings. The molecule has 1 aromatic heterocycles. The molecule has 1 aromatic rings. The number of thioether (sulfide) groups is 1. The van der Waals surface area contributed by atoms with E-state index in [1.165, 1.54) is 0 Å². The first-order valence-corrected chi connectivity index (χ1v) is 7.71. The summed E-state index contributed by atoms with van der Waals surface area (Å²) in [6, 6.07) is 1.36. The van der Waals surface area contributed by atoms with Gasteiger partial charge in [-0.25, -0.2) is 0 Å². The van der Waals surface area contributed by atoms with Gasteiger partial charge >= 0.3 is 5.97 Å². The van der Waals surface area contributed by atoms with Crippen molar-refractivity contribution in [3.05, 3.63) is 17.5 Å². The fourth-order valence-electron chi connectivity index (χ4n) is 2.10. The summed E-state index contributed by atoms with van der Waals surface area (Å²) in [6.45, 7) is 4.48. The van der Waals surface area contributed by atoms with Gasteiger partial charge in [-0.3, -0.25) is 9.59 Å². The summed E-state index contributed by atoms with van der Waals surface area (Å²) in [6.07, 6.45) is -0.0378. The van der Waals surface area contributed by atoms with Gasteiger partial charge < -0.3 is 14.5 Å². The van der Waals surface area contributed by atoms with E-state index >= 15 is 0 Å². The summed E-state index contributed by atoms with van der Waals surface area (Å²) in [4.78, 5) is 24.9. The van der Waals surface area contributed by atoms with E-state index in [1.807, 2.05) is 13.8 Å². The fraction of sp³-hybridized carbons (Fsp3) is 0.615. The van der Waals surface area contributed by atoms with Crippen molar-refractivity contribution in [1.82, 2.24) is 10.1 Å². The Labute approximate surface area is 121 Å². The van der Waals surface area contributed by atoms with Crippen LogP contribution >= 0.6 is 11.8 Å². The molecule has 1 amide bonds. The largest absolute Gasteiger partial charge is 0.481 e. The van der Waals surface area contributed by atoms with Crippen LogP contribution in [0.5, 0.6) is 0 Å². The lowest BCUT2D eigenvalue weighted by molar-refractivity contribution is -0.138. The van der Waals surface area contributed by atoms with Crippen LogP contribution in [0.25, 0.3) is 0 Å². The second-order valence-corrected chi connectivity index (χ2v) is 6.25. The van der Waals surface area contributed by atoms with Gasteiger partial charge in [0, 0.05) is 24.1 Å². The van der Waals surface area contributed by atoms with Gasteiger partial charge in [-0.1, -0.05) is 19.0 Å². The minimum atomic E-state index is -0.893. The smallest absolute Gasteiger partial charge is 0.305 e. The SMILES string of the molecule is CC(C)c1cc(C(=O)N2CCSCC2CC(=O)O)on1. The molecule has 1 saturated heterocycles. The predicted molar refractivity (Wildman–Crippen MR) is 75.0 cm³/mol. The fourth-order valence-corrected chi connectivity index (χ4v) is 3.16. The first-order valence-electron chi connectivity index (χ1n) is 6.56. The molecule has 1 atom stereocenters. The minimum absolute atomic E-state index is 0.0378. The van der Waals surface area contributed by atoms with E-state index in [2.05, 4.69) is 5.16 Å². The standard InChI is InChI=1S/C13H18N2O4S/c1-8(2)10-6-11(19-14-10)13(18)15-3-4-20-7-9(15)5-12(16)17/h6,8-9H,3-5,7H2,1-2H3,(H,16,17). The van der Waals surface area contributed by atoms with Crippen molar-refractivity contribution in [3.8, 4) is 0 Å². The Bertz CT molecular complexity index is 500. The maximum atomic E-state index is 12.4. The third-order valence-electron chi connectivity index (χ3n) is 3.23. The molecule has 0 bridgehead atoms. The molecular weight excluding hydrogens is 280 g/mol. The van der Waals surface area contributed by atoms with Gasteiger partial charge in [0.15, 0.2) is 0 Å². The number of rotatable bonds is 4. The minimum Gasteiger partial charge on any atom is -0.481 e. The number of hydrogen-bond acceptors (Lipinski definition) is 5. The van der Waals surface area contributed by atoms with E-state index in [4.69, 9.17) is 9.63 Å². The average molecular weight is 298 g/mol. The van der Waals surface area contributed by atoms with E-state index in [1.54, 1.807) is 22.7 Å². The normalized spacial score (nSPS) is 19.4. The van der Waals surface area contributed by atoms with Gasteiger partial charge in [-0.2, -0.15) is 11.8 Å². The van der Waals surface area contributed by atoms with Crippen LogP contribution in [-0.2, 0) is 4.79 Å². The second-order valence-electron chi connectivity index (χ2n) is 5.10. The molecule has 0 aromatic carbocycles. The molecule has 1 N–H and O–H groups in total. The van der Waals surface area contributed by atoms with Gasteiger partial charge in [0.2, 0.25) is 5.76 Å². The van der Waals surface area contributed by atoms with Crippen LogP contribution in [0.3, 0.4) is 0 Å². The van der Waals surface area contributed by atoms with E-state index in [9.17, 15) is 9.59 Å². The predicted octanol–water partition coefficient (Wildman–Crippen LogP) is 1.83. The van der Waals surface area contributed by atoms with Crippen LogP contribution in [0.15, 0.2) is 10.6 Å². The zero-order valence-corrected chi connectivity index (χ0v) is 12.4. The van der Waals surface area contributed by atoms with Gasteiger partial charge in [-0.05, 0) is 5.92 Å². The van der Waals surface area contributed by atoms with E-state index in [0.29, 0.717) is 12.3 Å². The maximum absolute atomic E-state index is 12.4. The number of carbonyl (C=O) groups excluding carboxylic acids is 1. The third kappa shape index (κ3) is 3.33. The highest BCUT2D eigenvalue weighted by atomic mass is 32.2. The summed E-state index contributed by atoms with van der Waals surface area (Å²) in [7, 11) is 0. The lowest BCUT2D eigenvalue weighted by Crippen LogP contribution is -2.47. The summed E-state index contributed by atoms with van der Waals surface area (Å²) in [5.74, 6) is 0.672. The quantitative estimate of drug-likeness (QED) is 0.913. The molecule has 7 heteroatoms. The summed E-state index contributed by atoms with van der Waals surface area (Å²) < 4.78 is 5.10. The molecule has 0 radical (unpaired) electrons.